The van der Waals surface area contributed by atoms with Gasteiger partial charge in [0, 0.05) is 26.2 Å². The lowest BCUT2D eigenvalue weighted by atomic mass is 10.2. The molecule has 1 atom stereocenters. The summed E-state index contributed by atoms with van der Waals surface area (Å²) in [7, 11) is 0. The van der Waals surface area contributed by atoms with Gasteiger partial charge in [-0.15, -0.1) is 0 Å². The third kappa shape index (κ3) is 8.64. The van der Waals surface area contributed by atoms with Gasteiger partial charge in [-0.25, -0.2) is 4.79 Å². The summed E-state index contributed by atoms with van der Waals surface area (Å²) in [5.74, 6) is -0.937. The second-order valence-corrected chi connectivity index (χ2v) is 3.30. The maximum absolute atomic E-state index is 10.7. The van der Waals surface area contributed by atoms with Crippen LogP contribution in [0.4, 0.5) is 0 Å². The minimum Gasteiger partial charge on any atom is -0.479 e. The van der Waals surface area contributed by atoms with Crippen molar-refractivity contribution in [2.75, 3.05) is 33.0 Å². The number of carboxylic acid groups (broad SMARTS) is 1. The number of aliphatic carboxylic acids is 1. The van der Waals surface area contributed by atoms with Crippen molar-refractivity contribution in [3.63, 3.8) is 0 Å². The number of ether oxygens (including phenoxy) is 3. The Balaban J connectivity index is 3.37. The van der Waals surface area contributed by atoms with Crippen molar-refractivity contribution in [2.24, 2.45) is 0 Å². The second kappa shape index (κ2) is 10.9. The largest absolute Gasteiger partial charge is 0.479 e. The zero-order chi connectivity index (χ0) is 12.2. The van der Waals surface area contributed by atoms with Crippen LogP contribution in [-0.2, 0) is 19.0 Å². The van der Waals surface area contributed by atoms with Crippen molar-refractivity contribution in [3.05, 3.63) is 0 Å². The molecule has 0 rings (SSSR count). The molecule has 5 heteroatoms. The van der Waals surface area contributed by atoms with Crippen LogP contribution in [0.15, 0.2) is 0 Å². The van der Waals surface area contributed by atoms with Crippen molar-refractivity contribution in [1.29, 1.82) is 0 Å². The van der Waals surface area contributed by atoms with E-state index in [0.29, 0.717) is 32.8 Å². The molecule has 0 saturated carbocycles. The summed E-state index contributed by atoms with van der Waals surface area (Å²) in [6.45, 7) is 6.39. The van der Waals surface area contributed by atoms with Crippen molar-refractivity contribution in [2.45, 2.75) is 32.8 Å². The highest BCUT2D eigenvalue weighted by molar-refractivity contribution is 5.72. The highest BCUT2D eigenvalue weighted by Gasteiger charge is 2.16. The average molecular weight is 234 g/mol. The number of hydrogen-bond donors (Lipinski definition) is 1. The normalized spacial score (nSPS) is 12.6. The number of rotatable bonds is 11. The summed E-state index contributed by atoms with van der Waals surface area (Å²) in [5, 5.41) is 8.77. The van der Waals surface area contributed by atoms with E-state index in [4.69, 9.17) is 19.3 Å². The Morgan fingerprint density at radius 1 is 1.12 bits per heavy atom. The Labute approximate surface area is 96.7 Å². The molecule has 16 heavy (non-hydrogen) atoms. The Hall–Kier alpha value is -0.650. The van der Waals surface area contributed by atoms with E-state index in [1.54, 1.807) is 6.92 Å². The van der Waals surface area contributed by atoms with Crippen LogP contribution < -0.4 is 0 Å². The number of carbonyl (C=O) groups is 1. The van der Waals surface area contributed by atoms with Gasteiger partial charge in [0.25, 0.3) is 0 Å². The fourth-order valence-corrected chi connectivity index (χ4v) is 1.14. The minimum atomic E-state index is -0.937. The fourth-order valence-electron chi connectivity index (χ4n) is 1.14. The highest BCUT2D eigenvalue weighted by Crippen LogP contribution is 1.99. The molecule has 0 bridgehead atoms. The first-order chi connectivity index (χ1) is 7.72. The molecule has 0 fully saturated rings. The first-order valence-corrected chi connectivity index (χ1v) is 5.72. The fraction of sp³-hybridized carbons (Fsp3) is 0.909. The van der Waals surface area contributed by atoms with Crippen LogP contribution in [0, 0.1) is 0 Å². The van der Waals surface area contributed by atoms with Crippen LogP contribution in [0.1, 0.15) is 26.7 Å². The van der Waals surface area contributed by atoms with Gasteiger partial charge in [0.1, 0.15) is 0 Å². The van der Waals surface area contributed by atoms with Gasteiger partial charge in [0.05, 0.1) is 13.2 Å². The summed E-state index contributed by atoms with van der Waals surface area (Å²) in [6.07, 6.45) is 0.601. The molecule has 0 aliphatic rings. The van der Waals surface area contributed by atoms with E-state index in [1.807, 2.05) is 6.92 Å². The molecule has 1 unspecified atom stereocenters. The van der Waals surface area contributed by atoms with Crippen molar-refractivity contribution in [3.8, 4) is 0 Å². The van der Waals surface area contributed by atoms with Crippen molar-refractivity contribution >= 4 is 5.97 Å². The molecule has 0 aromatic carbocycles. The highest BCUT2D eigenvalue weighted by atomic mass is 16.5. The molecule has 0 saturated heterocycles. The summed E-state index contributed by atoms with van der Waals surface area (Å²) in [4.78, 5) is 10.7. The van der Waals surface area contributed by atoms with E-state index in [2.05, 4.69) is 0 Å². The van der Waals surface area contributed by atoms with Crippen LogP contribution in [0.5, 0.6) is 0 Å². The van der Waals surface area contributed by atoms with Gasteiger partial charge >= 0.3 is 5.97 Å². The predicted molar refractivity (Wildman–Crippen MR) is 59.6 cm³/mol. The molecule has 0 aromatic rings. The molecular formula is C11H22O5. The summed E-state index contributed by atoms with van der Waals surface area (Å²) >= 11 is 0. The first-order valence-electron chi connectivity index (χ1n) is 5.72. The predicted octanol–water partition coefficient (Wildman–Crippen LogP) is 1.31. The van der Waals surface area contributed by atoms with Crippen molar-refractivity contribution < 1.29 is 24.1 Å². The lowest BCUT2D eigenvalue weighted by Gasteiger charge is -2.12. The number of carboxylic acids is 1. The van der Waals surface area contributed by atoms with Crippen LogP contribution in [0.3, 0.4) is 0 Å². The quantitative estimate of drug-likeness (QED) is 0.546. The van der Waals surface area contributed by atoms with Gasteiger partial charge < -0.3 is 19.3 Å². The van der Waals surface area contributed by atoms with Crippen molar-refractivity contribution in [1.82, 2.24) is 0 Å². The van der Waals surface area contributed by atoms with Crippen LogP contribution in [0.2, 0.25) is 0 Å². The maximum Gasteiger partial charge on any atom is 0.332 e. The molecule has 0 aliphatic carbocycles. The van der Waals surface area contributed by atoms with Gasteiger partial charge in [0.15, 0.2) is 6.10 Å². The zero-order valence-electron chi connectivity index (χ0n) is 10.1. The SMILES string of the molecule is CCCOCCOCCC(OCC)C(=O)O. The van der Waals surface area contributed by atoms with Crippen LogP contribution in [0.25, 0.3) is 0 Å². The van der Waals surface area contributed by atoms with E-state index in [-0.39, 0.29) is 0 Å². The van der Waals surface area contributed by atoms with E-state index in [9.17, 15) is 4.79 Å². The molecule has 0 heterocycles. The third-order valence-electron chi connectivity index (χ3n) is 1.89. The summed E-state index contributed by atoms with van der Waals surface area (Å²) in [6, 6.07) is 0. The average Bonchev–Trinajstić information content (AvgIpc) is 2.26. The van der Waals surface area contributed by atoms with Crippen LogP contribution in [-0.4, -0.2) is 50.2 Å². The first kappa shape index (κ1) is 15.3. The molecule has 0 aromatic heterocycles. The summed E-state index contributed by atoms with van der Waals surface area (Å²) in [5.41, 5.74) is 0. The van der Waals surface area contributed by atoms with Gasteiger partial charge in [-0.05, 0) is 13.3 Å². The monoisotopic (exact) mass is 234 g/mol. The maximum atomic E-state index is 10.7. The molecule has 0 spiro atoms. The Bertz CT molecular complexity index is 172. The lowest BCUT2D eigenvalue weighted by molar-refractivity contribution is -0.151. The van der Waals surface area contributed by atoms with E-state index in [0.717, 1.165) is 13.0 Å². The van der Waals surface area contributed by atoms with E-state index < -0.39 is 12.1 Å². The molecular weight excluding hydrogens is 212 g/mol. The third-order valence-corrected chi connectivity index (χ3v) is 1.89. The lowest BCUT2D eigenvalue weighted by Crippen LogP contribution is -2.25. The van der Waals surface area contributed by atoms with E-state index in [1.165, 1.54) is 0 Å². The summed E-state index contributed by atoms with van der Waals surface area (Å²) < 4.78 is 15.5. The zero-order valence-corrected chi connectivity index (χ0v) is 10.1. The topological polar surface area (TPSA) is 65.0 Å². The second-order valence-electron chi connectivity index (χ2n) is 3.30. The van der Waals surface area contributed by atoms with Gasteiger partial charge in [-0.1, -0.05) is 6.92 Å². The molecule has 0 amide bonds. The van der Waals surface area contributed by atoms with E-state index >= 15 is 0 Å². The van der Waals surface area contributed by atoms with Gasteiger partial charge in [-0.2, -0.15) is 0 Å². The minimum absolute atomic E-state index is 0.372. The molecule has 5 nitrogen and oxygen atoms in total. The molecule has 0 aliphatic heterocycles. The Morgan fingerprint density at radius 3 is 2.25 bits per heavy atom. The Kier molecular flexibility index (Phi) is 10.4. The standard InChI is InChI=1S/C11H22O5/c1-3-6-14-8-9-15-7-5-10(11(12)13)16-4-2/h10H,3-9H2,1-2H3,(H,12,13). The Morgan fingerprint density at radius 2 is 1.75 bits per heavy atom. The molecule has 0 radical (unpaired) electrons. The van der Waals surface area contributed by atoms with Gasteiger partial charge in [0.2, 0.25) is 0 Å². The van der Waals surface area contributed by atoms with Gasteiger partial charge in [-0.3, -0.25) is 0 Å². The molecule has 96 valence electrons. The molecule has 1 N–H and O–H groups in total. The van der Waals surface area contributed by atoms with Crippen LogP contribution >= 0.6 is 0 Å². The number of hydrogen-bond acceptors (Lipinski definition) is 4. The smallest absolute Gasteiger partial charge is 0.332 e.